The lowest BCUT2D eigenvalue weighted by Crippen LogP contribution is -2.18. The van der Waals surface area contributed by atoms with E-state index in [1.807, 2.05) is 0 Å². The molecule has 0 aromatic rings. The molecule has 5 heteroatoms. The Morgan fingerprint density at radius 3 is 1.46 bits per heavy atom. The Labute approximate surface area is 77.8 Å². The number of urea groups is 1. The number of rotatable bonds is 4. The van der Waals surface area contributed by atoms with Gasteiger partial charge in [0.15, 0.2) is 0 Å². The van der Waals surface area contributed by atoms with Crippen LogP contribution in [0.3, 0.4) is 0 Å². The van der Waals surface area contributed by atoms with Crippen LogP contribution in [0.4, 0.5) is 4.79 Å². The molecule has 76 valence electrons. The Morgan fingerprint density at radius 2 is 1.31 bits per heavy atom. The molecule has 0 aromatic carbocycles. The molecule has 2 amide bonds. The summed E-state index contributed by atoms with van der Waals surface area (Å²) in [4.78, 5) is 28.1. The number of hydrogen-bond donors (Lipinski definition) is 2. The largest absolute Gasteiger partial charge is 0.352 e. The molecule has 0 atom stereocenters. The molecule has 0 aliphatic rings. The molecule has 0 fully saturated rings. The molecule has 13 heavy (non-hydrogen) atoms. The maximum Gasteiger partial charge on any atom is 0.309 e. The lowest BCUT2D eigenvalue weighted by atomic mass is 10.3. The second-order valence-electron chi connectivity index (χ2n) is 1.67. The zero-order chi connectivity index (χ0) is 11.1. The maximum atomic E-state index is 9.56. The first-order chi connectivity index (χ1) is 6.15. The summed E-state index contributed by atoms with van der Waals surface area (Å²) in [5.41, 5.74) is 8.50. The smallest absolute Gasteiger partial charge is 0.309 e. The minimum Gasteiger partial charge on any atom is -0.352 e. The van der Waals surface area contributed by atoms with E-state index < -0.39 is 6.03 Å². The molecular formula is C8H16N2O3. The second kappa shape index (κ2) is 22.4. The first-order valence-electron chi connectivity index (χ1n) is 3.57. The standard InChI is InChI=1S/C5H8O2.C2H4.CH4N2O/c6-4-2-1-3-5-7;1-2;2-1(3)4/h4-5H,1-3H2;1-2H2;(H4,2,3,4). The molecule has 0 rings (SSSR count). The zero-order valence-electron chi connectivity index (χ0n) is 7.57. The minimum absolute atomic E-state index is 0.513. The third kappa shape index (κ3) is 131. The third-order valence-corrected chi connectivity index (χ3v) is 0.644. The quantitative estimate of drug-likeness (QED) is 0.378. The van der Waals surface area contributed by atoms with Crippen molar-refractivity contribution in [3.05, 3.63) is 13.2 Å². The summed E-state index contributed by atoms with van der Waals surface area (Å²) < 4.78 is 0. The topological polar surface area (TPSA) is 103 Å². The summed E-state index contributed by atoms with van der Waals surface area (Å²) in [5, 5.41) is 0. The van der Waals surface area contributed by atoms with Gasteiger partial charge in [0.25, 0.3) is 0 Å². The fourth-order valence-corrected chi connectivity index (χ4v) is 0.285. The van der Waals surface area contributed by atoms with Gasteiger partial charge in [-0.05, 0) is 6.42 Å². The summed E-state index contributed by atoms with van der Waals surface area (Å²) in [6.45, 7) is 6.00. The highest BCUT2D eigenvalue weighted by atomic mass is 16.2. The van der Waals surface area contributed by atoms with Gasteiger partial charge < -0.3 is 21.1 Å². The predicted molar refractivity (Wildman–Crippen MR) is 51.0 cm³/mol. The number of amides is 2. The van der Waals surface area contributed by atoms with Gasteiger partial charge in [0, 0.05) is 12.8 Å². The normalized spacial score (nSPS) is 6.46. The van der Waals surface area contributed by atoms with Crippen molar-refractivity contribution in [3.8, 4) is 0 Å². The second-order valence-corrected chi connectivity index (χ2v) is 1.67. The average Bonchev–Trinajstić information content (AvgIpc) is 2.08. The average molecular weight is 188 g/mol. The number of carbonyl (C=O) groups is 3. The van der Waals surface area contributed by atoms with Crippen LogP contribution in [0, 0.1) is 0 Å². The third-order valence-electron chi connectivity index (χ3n) is 0.644. The molecule has 0 heterocycles. The van der Waals surface area contributed by atoms with Crippen molar-refractivity contribution < 1.29 is 14.4 Å². The molecular weight excluding hydrogens is 172 g/mol. The molecule has 0 aliphatic heterocycles. The SMILES string of the molecule is C=C.NC(N)=O.O=CCCCC=O. The first-order valence-corrected chi connectivity index (χ1v) is 3.57. The van der Waals surface area contributed by atoms with Crippen molar-refractivity contribution in [2.75, 3.05) is 0 Å². The van der Waals surface area contributed by atoms with E-state index in [9.17, 15) is 9.59 Å². The van der Waals surface area contributed by atoms with Gasteiger partial charge in [-0.15, -0.1) is 13.2 Å². The van der Waals surface area contributed by atoms with Crippen LogP contribution in [0.2, 0.25) is 0 Å². The van der Waals surface area contributed by atoms with Gasteiger partial charge in [0.05, 0.1) is 0 Å². The number of nitrogens with two attached hydrogens (primary N) is 2. The van der Waals surface area contributed by atoms with Gasteiger partial charge in [-0.25, -0.2) is 4.79 Å². The van der Waals surface area contributed by atoms with Crippen LogP contribution in [-0.4, -0.2) is 18.6 Å². The molecule has 4 N–H and O–H groups in total. The highest BCUT2D eigenvalue weighted by Gasteiger charge is 1.80. The number of primary amides is 2. The van der Waals surface area contributed by atoms with E-state index in [2.05, 4.69) is 24.6 Å². The lowest BCUT2D eigenvalue weighted by molar-refractivity contribution is -0.108. The highest BCUT2D eigenvalue weighted by molar-refractivity contribution is 5.69. The van der Waals surface area contributed by atoms with E-state index >= 15 is 0 Å². The van der Waals surface area contributed by atoms with E-state index in [0.29, 0.717) is 19.3 Å². The van der Waals surface area contributed by atoms with Crippen LogP contribution >= 0.6 is 0 Å². The summed E-state index contributed by atoms with van der Waals surface area (Å²) in [6, 6.07) is -0.833. The number of unbranched alkanes of at least 4 members (excludes halogenated alkanes) is 2. The lowest BCUT2D eigenvalue weighted by Gasteiger charge is -1.78. The van der Waals surface area contributed by atoms with E-state index in [1.54, 1.807) is 0 Å². The molecule has 0 spiro atoms. The van der Waals surface area contributed by atoms with Gasteiger partial charge in [-0.2, -0.15) is 0 Å². The van der Waals surface area contributed by atoms with Gasteiger partial charge in [-0.3, -0.25) is 0 Å². The maximum absolute atomic E-state index is 9.56. The van der Waals surface area contributed by atoms with Gasteiger partial charge in [0.2, 0.25) is 0 Å². The Balaban J connectivity index is -0.000000142. The van der Waals surface area contributed by atoms with Crippen LogP contribution in [0.5, 0.6) is 0 Å². The van der Waals surface area contributed by atoms with Crippen LogP contribution in [0.15, 0.2) is 13.2 Å². The molecule has 0 aliphatic carbocycles. The van der Waals surface area contributed by atoms with E-state index in [1.165, 1.54) is 0 Å². The molecule has 0 bridgehead atoms. The Bertz CT molecular complexity index is 125. The summed E-state index contributed by atoms with van der Waals surface area (Å²) in [5.74, 6) is 0. The van der Waals surface area contributed by atoms with Gasteiger partial charge in [-0.1, -0.05) is 0 Å². The molecule has 0 saturated heterocycles. The monoisotopic (exact) mass is 188 g/mol. The Morgan fingerprint density at radius 1 is 1.08 bits per heavy atom. The number of aldehydes is 2. The molecule has 5 nitrogen and oxygen atoms in total. The van der Waals surface area contributed by atoms with E-state index in [0.717, 1.165) is 12.6 Å². The van der Waals surface area contributed by atoms with Crippen molar-refractivity contribution in [1.82, 2.24) is 0 Å². The zero-order valence-corrected chi connectivity index (χ0v) is 7.57. The fraction of sp³-hybridized carbons (Fsp3) is 0.375. The minimum atomic E-state index is -0.833. The summed E-state index contributed by atoms with van der Waals surface area (Å²) in [7, 11) is 0. The van der Waals surface area contributed by atoms with Crippen LogP contribution < -0.4 is 11.5 Å². The highest BCUT2D eigenvalue weighted by Crippen LogP contribution is 1.85. The van der Waals surface area contributed by atoms with Crippen LogP contribution in [0.25, 0.3) is 0 Å². The molecule has 0 aromatic heterocycles. The Kier molecular flexibility index (Phi) is 30.1. The molecule has 0 saturated carbocycles. The van der Waals surface area contributed by atoms with Crippen LogP contribution in [-0.2, 0) is 9.59 Å². The Hall–Kier alpha value is -1.65. The van der Waals surface area contributed by atoms with Crippen molar-refractivity contribution in [3.63, 3.8) is 0 Å². The molecule has 0 unspecified atom stereocenters. The van der Waals surface area contributed by atoms with Crippen LogP contribution in [0.1, 0.15) is 19.3 Å². The van der Waals surface area contributed by atoms with Crippen molar-refractivity contribution >= 4 is 18.6 Å². The van der Waals surface area contributed by atoms with E-state index in [4.69, 9.17) is 4.79 Å². The summed E-state index contributed by atoms with van der Waals surface area (Å²) >= 11 is 0. The predicted octanol–water partition coefficient (Wildman–Crippen LogP) is 0.380. The van der Waals surface area contributed by atoms with E-state index in [-0.39, 0.29) is 0 Å². The van der Waals surface area contributed by atoms with Crippen molar-refractivity contribution in [2.45, 2.75) is 19.3 Å². The fourth-order valence-electron chi connectivity index (χ4n) is 0.285. The number of hydrogen-bond acceptors (Lipinski definition) is 3. The number of carbonyl (C=O) groups excluding carboxylic acids is 3. The van der Waals surface area contributed by atoms with Gasteiger partial charge >= 0.3 is 6.03 Å². The first kappa shape index (κ1) is 17.4. The van der Waals surface area contributed by atoms with Crippen molar-refractivity contribution in [2.24, 2.45) is 11.5 Å². The van der Waals surface area contributed by atoms with Crippen molar-refractivity contribution in [1.29, 1.82) is 0 Å². The summed E-state index contributed by atoms with van der Waals surface area (Å²) in [6.07, 6.45) is 3.37. The van der Waals surface area contributed by atoms with Gasteiger partial charge in [0.1, 0.15) is 12.6 Å². The molecule has 0 radical (unpaired) electrons.